The van der Waals surface area contributed by atoms with Gasteiger partial charge in [0.1, 0.15) is 11.5 Å². The van der Waals surface area contributed by atoms with Crippen LogP contribution in [0.25, 0.3) is 6.08 Å². The van der Waals surface area contributed by atoms with Gasteiger partial charge in [-0.25, -0.2) is 9.79 Å². The molecule has 0 spiro atoms. The van der Waals surface area contributed by atoms with Crippen LogP contribution in [0.1, 0.15) is 44.9 Å². The molecule has 0 aliphatic carbocycles. The van der Waals surface area contributed by atoms with Crippen molar-refractivity contribution in [1.29, 1.82) is 0 Å². The summed E-state index contributed by atoms with van der Waals surface area (Å²) in [5, 5.41) is 9.75. The minimum Gasteiger partial charge on any atom is -0.508 e. The lowest BCUT2D eigenvalue weighted by molar-refractivity contribution is -0.139. The van der Waals surface area contributed by atoms with Gasteiger partial charge < -0.3 is 14.6 Å². The monoisotopic (exact) mass is 478 g/mol. The lowest BCUT2D eigenvalue weighted by Gasteiger charge is -2.24. The number of ether oxygens (including phenoxy) is 2. The normalized spacial score (nSPS) is 15.8. The molecular formula is C26H26N2O5S. The molecule has 1 aromatic heterocycles. The molecule has 0 fully saturated rings. The number of fused-ring (bicyclic) bond motifs is 1. The molecule has 1 unspecified atom stereocenters. The van der Waals surface area contributed by atoms with E-state index in [9.17, 15) is 14.7 Å². The molecule has 34 heavy (non-hydrogen) atoms. The fourth-order valence-electron chi connectivity index (χ4n) is 3.83. The van der Waals surface area contributed by atoms with Gasteiger partial charge >= 0.3 is 5.97 Å². The molecule has 8 heteroatoms. The van der Waals surface area contributed by atoms with Gasteiger partial charge in [-0.15, -0.1) is 0 Å². The largest absolute Gasteiger partial charge is 0.508 e. The van der Waals surface area contributed by atoms with Gasteiger partial charge in [-0.3, -0.25) is 9.36 Å². The van der Waals surface area contributed by atoms with E-state index in [2.05, 4.69) is 4.99 Å². The van der Waals surface area contributed by atoms with Crippen molar-refractivity contribution < 1.29 is 19.4 Å². The molecule has 7 nitrogen and oxygen atoms in total. The Kier molecular flexibility index (Phi) is 6.70. The lowest BCUT2D eigenvalue weighted by Crippen LogP contribution is -2.39. The first-order valence-corrected chi connectivity index (χ1v) is 11.9. The van der Waals surface area contributed by atoms with Gasteiger partial charge in [0.05, 0.1) is 34.6 Å². The van der Waals surface area contributed by atoms with Crippen LogP contribution in [0.15, 0.2) is 69.6 Å². The zero-order valence-electron chi connectivity index (χ0n) is 19.4. The highest BCUT2D eigenvalue weighted by atomic mass is 32.1. The second kappa shape index (κ2) is 9.69. The molecule has 1 atom stereocenters. The number of nitrogens with zero attached hydrogens (tertiary/aromatic N) is 2. The number of aromatic hydroxyl groups is 1. The number of carbonyl (C=O) groups is 1. The number of hydrogen-bond donors (Lipinski definition) is 1. The Balaban J connectivity index is 1.85. The van der Waals surface area contributed by atoms with Gasteiger partial charge in [0.25, 0.3) is 5.56 Å². The summed E-state index contributed by atoms with van der Waals surface area (Å²) in [7, 11) is 0. The second-order valence-corrected chi connectivity index (χ2v) is 9.14. The van der Waals surface area contributed by atoms with E-state index in [-0.39, 0.29) is 24.0 Å². The van der Waals surface area contributed by atoms with Crippen LogP contribution in [0.4, 0.5) is 0 Å². The zero-order chi connectivity index (χ0) is 24.4. The summed E-state index contributed by atoms with van der Waals surface area (Å²) < 4.78 is 13.0. The molecule has 0 saturated carbocycles. The highest BCUT2D eigenvalue weighted by Gasteiger charge is 2.33. The first-order valence-electron chi connectivity index (χ1n) is 11.0. The summed E-state index contributed by atoms with van der Waals surface area (Å²) in [6.07, 6.45) is 1.88. The van der Waals surface area contributed by atoms with E-state index in [1.54, 1.807) is 32.1 Å². The Bertz CT molecular complexity index is 1410. The topological polar surface area (TPSA) is 90.1 Å². The number of phenolic OH excluding ortho intramolecular Hbond substituents is 1. The molecule has 0 bridgehead atoms. The Labute approximate surface area is 200 Å². The minimum absolute atomic E-state index is 0.0753. The molecule has 0 saturated heterocycles. The van der Waals surface area contributed by atoms with Gasteiger partial charge in [0.2, 0.25) is 0 Å². The van der Waals surface area contributed by atoms with Crippen LogP contribution in [-0.2, 0) is 9.53 Å². The number of hydrogen-bond acceptors (Lipinski definition) is 7. The number of rotatable bonds is 6. The first-order chi connectivity index (χ1) is 16.3. The summed E-state index contributed by atoms with van der Waals surface area (Å²) >= 11 is 1.27. The maximum atomic E-state index is 13.5. The molecule has 176 valence electrons. The standard InChI is InChI=1S/C26H26N2O5S/c1-5-32-25(31)22-16(4)27-26-28(23(22)18-8-10-19(29)11-9-18)24(30)21(34-26)14-17-6-12-20(13-7-17)33-15(2)3/h6-15,23,29H,5H2,1-4H3/b21-14-. The van der Waals surface area contributed by atoms with Gasteiger partial charge in [0.15, 0.2) is 4.80 Å². The van der Waals surface area contributed by atoms with Crippen LogP contribution in [-0.4, -0.2) is 28.4 Å². The number of thiazole rings is 1. The maximum Gasteiger partial charge on any atom is 0.338 e. The highest BCUT2D eigenvalue weighted by molar-refractivity contribution is 7.07. The Morgan fingerprint density at radius 3 is 2.47 bits per heavy atom. The smallest absolute Gasteiger partial charge is 0.338 e. The lowest BCUT2D eigenvalue weighted by atomic mass is 9.96. The van der Waals surface area contributed by atoms with Crippen molar-refractivity contribution in [2.45, 2.75) is 39.8 Å². The molecule has 2 aromatic carbocycles. The molecule has 1 aliphatic rings. The fourth-order valence-corrected chi connectivity index (χ4v) is 4.88. The van der Waals surface area contributed by atoms with Gasteiger partial charge in [0, 0.05) is 0 Å². The quantitative estimate of drug-likeness (QED) is 0.549. The van der Waals surface area contributed by atoms with Crippen LogP contribution < -0.4 is 19.6 Å². The van der Waals surface area contributed by atoms with Gasteiger partial charge in [-0.05, 0) is 69.2 Å². The van der Waals surface area contributed by atoms with E-state index in [1.165, 1.54) is 28.0 Å². The number of phenols is 1. The van der Waals surface area contributed by atoms with Gasteiger partial charge in [-0.2, -0.15) is 0 Å². The number of carbonyl (C=O) groups excluding carboxylic acids is 1. The van der Waals surface area contributed by atoms with Crippen molar-refractivity contribution in [3.8, 4) is 11.5 Å². The molecular weight excluding hydrogens is 452 g/mol. The van der Waals surface area contributed by atoms with Crippen molar-refractivity contribution >= 4 is 23.4 Å². The molecule has 1 aliphatic heterocycles. The van der Waals surface area contributed by atoms with E-state index in [1.807, 2.05) is 38.1 Å². The predicted octanol–water partition coefficient (Wildman–Crippen LogP) is 3.29. The van der Waals surface area contributed by atoms with E-state index in [4.69, 9.17) is 9.47 Å². The van der Waals surface area contributed by atoms with E-state index in [0.717, 1.165) is 11.3 Å². The average Bonchev–Trinajstić information content (AvgIpc) is 3.09. The first kappa shape index (κ1) is 23.5. The van der Waals surface area contributed by atoms with Crippen LogP contribution >= 0.6 is 11.3 Å². The van der Waals surface area contributed by atoms with Crippen molar-refractivity contribution in [3.05, 3.63) is 90.6 Å². The Morgan fingerprint density at radius 1 is 1.18 bits per heavy atom. The van der Waals surface area contributed by atoms with Crippen molar-refractivity contribution in [1.82, 2.24) is 4.57 Å². The summed E-state index contributed by atoms with van der Waals surface area (Å²) in [6, 6.07) is 13.3. The van der Waals surface area contributed by atoms with E-state index in [0.29, 0.717) is 26.2 Å². The molecule has 0 amide bonds. The summed E-state index contributed by atoms with van der Waals surface area (Å²) in [4.78, 5) is 31.5. The zero-order valence-corrected chi connectivity index (χ0v) is 20.3. The SMILES string of the molecule is CCOC(=O)C1=C(C)N=c2s/c(=C\c3ccc(OC(C)C)cc3)c(=O)n2C1c1ccc(O)cc1. The van der Waals surface area contributed by atoms with Crippen LogP contribution in [0.5, 0.6) is 11.5 Å². The number of benzene rings is 2. The summed E-state index contributed by atoms with van der Waals surface area (Å²) in [5.74, 6) is 0.340. The van der Waals surface area contributed by atoms with Gasteiger partial charge in [-0.1, -0.05) is 35.6 Å². The summed E-state index contributed by atoms with van der Waals surface area (Å²) in [5.41, 5.74) is 2.08. The second-order valence-electron chi connectivity index (χ2n) is 8.13. The highest BCUT2D eigenvalue weighted by Crippen LogP contribution is 2.31. The third-order valence-corrected chi connectivity index (χ3v) is 6.26. The third-order valence-electron chi connectivity index (χ3n) is 5.28. The van der Waals surface area contributed by atoms with Crippen LogP contribution in [0, 0.1) is 0 Å². The minimum atomic E-state index is -0.708. The molecule has 2 heterocycles. The molecule has 1 N–H and O–H groups in total. The predicted molar refractivity (Wildman–Crippen MR) is 131 cm³/mol. The van der Waals surface area contributed by atoms with Crippen molar-refractivity contribution in [3.63, 3.8) is 0 Å². The number of aromatic nitrogens is 1. The molecule has 3 aromatic rings. The van der Waals surface area contributed by atoms with Crippen LogP contribution in [0.2, 0.25) is 0 Å². The fraction of sp³-hybridized carbons (Fsp3) is 0.269. The van der Waals surface area contributed by atoms with Crippen molar-refractivity contribution in [2.24, 2.45) is 4.99 Å². The average molecular weight is 479 g/mol. The van der Waals surface area contributed by atoms with Crippen molar-refractivity contribution in [2.75, 3.05) is 6.61 Å². The molecule has 4 rings (SSSR count). The van der Waals surface area contributed by atoms with Crippen LogP contribution in [0.3, 0.4) is 0 Å². The van der Waals surface area contributed by atoms with E-state index >= 15 is 0 Å². The summed E-state index contributed by atoms with van der Waals surface area (Å²) in [6.45, 7) is 7.61. The van der Waals surface area contributed by atoms with E-state index < -0.39 is 12.0 Å². The maximum absolute atomic E-state index is 13.5. The molecule has 0 radical (unpaired) electrons. The third kappa shape index (κ3) is 4.68. The number of esters is 1. The Morgan fingerprint density at radius 2 is 1.85 bits per heavy atom. The Hall–Kier alpha value is -3.65. The number of allylic oxidation sites excluding steroid dienone is 1.